The van der Waals surface area contributed by atoms with Crippen molar-refractivity contribution in [2.24, 2.45) is 0 Å². The second-order valence-corrected chi connectivity index (χ2v) is 5.86. The van der Waals surface area contributed by atoms with E-state index in [-0.39, 0.29) is 18.2 Å². The van der Waals surface area contributed by atoms with Crippen LogP contribution in [-0.4, -0.2) is 31.2 Å². The van der Waals surface area contributed by atoms with Crippen molar-refractivity contribution in [1.29, 1.82) is 0 Å². The van der Waals surface area contributed by atoms with Gasteiger partial charge in [0.1, 0.15) is 11.6 Å². The maximum atomic E-state index is 13.9. The van der Waals surface area contributed by atoms with E-state index in [4.69, 9.17) is 4.74 Å². The van der Waals surface area contributed by atoms with Crippen LogP contribution in [0.15, 0.2) is 16.6 Å². The van der Waals surface area contributed by atoms with Gasteiger partial charge in [0.15, 0.2) is 0 Å². The highest BCUT2D eigenvalue weighted by Gasteiger charge is 2.19. The summed E-state index contributed by atoms with van der Waals surface area (Å²) >= 11 is 3.08. The van der Waals surface area contributed by atoms with Crippen LogP contribution in [0.2, 0.25) is 0 Å². The number of halogens is 3. The molecule has 0 spiro atoms. The Morgan fingerprint density at radius 3 is 2.84 bits per heavy atom. The Labute approximate surface area is 120 Å². The number of nitrogens with zero attached hydrogens (tertiary/aromatic N) is 1. The van der Waals surface area contributed by atoms with E-state index in [1.54, 1.807) is 0 Å². The zero-order chi connectivity index (χ0) is 13.8. The average molecular weight is 334 g/mol. The summed E-state index contributed by atoms with van der Waals surface area (Å²) in [5.41, 5.74) is 0.104. The Kier molecular flexibility index (Phi) is 5.30. The molecule has 1 heterocycles. The Bertz CT molecular complexity index is 436. The fourth-order valence-corrected chi connectivity index (χ4v) is 2.72. The topological polar surface area (TPSA) is 12.5 Å². The van der Waals surface area contributed by atoms with E-state index >= 15 is 0 Å². The largest absolute Gasteiger partial charge is 0.377 e. The molecular formula is C14H18BrF2NO. The van der Waals surface area contributed by atoms with Gasteiger partial charge in [0.25, 0.3) is 0 Å². The van der Waals surface area contributed by atoms with E-state index in [1.165, 1.54) is 12.1 Å². The molecule has 106 valence electrons. The standard InChI is InChI=1S/C14H18BrF2NO/c1-18(8-10-4-2-3-7-19-10)9-11-13(16)6-5-12(15)14(11)17/h5-6,10H,2-4,7-9H2,1H3. The summed E-state index contributed by atoms with van der Waals surface area (Å²) in [5.74, 6) is -1.02. The third kappa shape index (κ3) is 3.97. The van der Waals surface area contributed by atoms with Crippen LogP contribution in [-0.2, 0) is 11.3 Å². The molecule has 1 fully saturated rings. The molecule has 0 bridgehead atoms. The molecule has 0 radical (unpaired) electrons. The van der Waals surface area contributed by atoms with E-state index in [0.717, 1.165) is 25.9 Å². The molecule has 2 nitrogen and oxygen atoms in total. The molecule has 0 aromatic heterocycles. The molecular weight excluding hydrogens is 316 g/mol. The van der Waals surface area contributed by atoms with Gasteiger partial charge in [0, 0.05) is 25.3 Å². The van der Waals surface area contributed by atoms with Gasteiger partial charge in [-0.15, -0.1) is 0 Å². The van der Waals surface area contributed by atoms with Gasteiger partial charge in [0.05, 0.1) is 10.6 Å². The Balaban J connectivity index is 1.98. The van der Waals surface area contributed by atoms with Crippen molar-refractivity contribution in [3.05, 3.63) is 33.8 Å². The Morgan fingerprint density at radius 2 is 2.16 bits per heavy atom. The molecule has 1 aliphatic rings. The molecule has 1 unspecified atom stereocenters. The minimum atomic E-state index is -0.517. The summed E-state index contributed by atoms with van der Waals surface area (Å²) in [4.78, 5) is 1.91. The lowest BCUT2D eigenvalue weighted by Gasteiger charge is -2.27. The SMILES string of the molecule is CN(Cc1c(F)ccc(Br)c1F)CC1CCCCO1. The van der Waals surface area contributed by atoms with E-state index in [9.17, 15) is 8.78 Å². The first-order chi connectivity index (χ1) is 9.08. The highest BCUT2D eigenvalue weighted by Crippen LogP contribution is 2.23. The van der Waals surface area contributed by atoms with Crippen molar-refractivity contribution >= 4 is 15.9 Å². The van der Waals surface area contributed by atoms with Gasteiger partial charge in [-0.1, -0.05) is 0 Å². The molecule has 5 heteroatoms. The van der Waals surface area contributed by atoms with Crippen LogP contribution in [0.4, 0.5) is 8.78 Å². The Hall–Kier alpha value is -0.520. The molecule has 1 aromatic rings. The minimum absolute atomic E-state index is 0.104. The van der Waals surface area contributed by atoms with E-state index in [0.29, 0.717) is 11.0 Å². The lowest BCUT2D eigenvalue weighted by atomic mass is 10.1. The average Bonchev–Trinajstić information content (AvgIpc) is 2.40. The van der Waals surface area contributed by atoms with Crippen LogP contribution in [0.3, 0.4) is 0 Å². The highest BCUT2D eigenvalue weighted by molar-refractivity contribution is 9.10. The van der Waals surface area contributed by atoms with Crippen LogP contribution in [0.1, 0.15) is 24.8 Å². The van der Waals surface area contributed by atoms with Crippen molar-refractivity contribution < 1.29 is 13.5 Å². The second-order valence-electron chi connectivity index (χ2n) is 5.01. The third-order valence-electron chi connectivity index (χ3n) is 3.36. The molecule has 0 saturated carbocycles. The molecule has 2 rings (SSSR count). The number of ether oxygens (including phenoxy) is 1. The van der Waals surface area contributed by atoms with Crippen LogP contribution in [0.25, 0.3) is 0 Å². The van der Waals surface area contributed by atoms with E-state index < -0.39 is 11.6 Å². The number of rotatable bonds is 4. The molecule has 19 heavy (non-hydrogen) atoms. The van der Waals surface area contributed by atoms with Gasteiger partial charge in [-0.05, 0) is 54.4 Å². The summed E-state index contributed by atoms with van der Waals surface area (Å²) in [7, 11) is 1.86. The minimum Gasteiger partial charge on any atom is -0.377 e. The van der Waals surface area contributed by atoms with Gasteiger partial charge < -0.3 is 4.74 Å². The normalized spacial score (nSPS) is 19.9. The van der Waals surface area contributed by atoms with Crippen molar-refractivity contribution in [2.45, 2.75) is 31.9 Å². The maximum absolute atomic E-state index is 13.9. The molecule has 1 atom stereocenters. The summed E-state index contributed by atoms with van der Waals surface area (Å²) in [6, 6.07) is 2.67. The van der Waals surface area contributed by atoms with Crippen molar-refractivity contribution in [3.8, 4) is 0 Å². The van der Waals surface area contributed by atoms with Crippen molar-refractivity contribution in [3.63, 3.8) is 0 Å². The first-order valence-corrected chi connectivity index (χ1v) is 7.29. The fraction of sp³-hybridized carbons (Fsp3) is 0.571. The molecule has 1 aliphatic heterocycles. The second kappa shape index (κ2) is 6.77. The van der Waals surface area contributed by atoms with Crippen LogP contribution >= 0.6 is 15.9 Å². The van der Waals surface area contributed by atoms with Gasteiger partial charge >= 0.3 is 0 Å². The number of hydrogen-bond donors (Lipinski definition) is 0. The molecule has 0 N–H and O–H groups in total. The van der Waals surface area contributed by atoms with Gasteiger partial charge in [-0.3, -0.25) is 4.90 Å². The van der Waals surface area contributed by atoms with Crippen molar-refractivity contribution in [1.82, 2.24) is 4.90 Å². The van der Waals surface area contributed by atoms with Crippen LogP contribution < -0.4 is 0 Å². The van der Waals surface area contributed by atoms with E-state index in [1.807, 2.05) is 11.9 Å². The summed E-state index contributed by atoms with van der Waals surface area (Å²) in [5, 5.41) is 0. The first-order valence-electron chi connectivity index (χ1n) is 6.50. The van der Waals surface area contributed by atoms with Gasteiger partial charge in [0.2, 0.25) is 0 Å². The summed E-state index contributed by atoms with van der Waals surface area (Å²) in [6.07, 6.45) is 3.47. The maximum Gasteiger partial charge on any atom is 0.144 e. The summed E-state index contributed by atoms with van der Waals surface area (Å²) in [6.45, 7) is 1.74. The van der Waals surface area contributed by atoms with Gasteiger partial charge in [-0.2, -0.15) is 0 Å². The number of likely N-dealkylation sites (N-methyl/N-ethyl adjacent to an activating group) is 1. The van der Waals surface area contributed by atoms with Crippen LogP contribution in [0, 0.1) is 11.6 Å². The summed E-state index contributed by atoms with van der Waals surface area (Å²) < 4.78 is 33.4. The quantitative estimate of drug-likeness (QED) is 0.778. The van der Waals surface area contributed by atoms with Gasteiger partial charge in [-0.25, -0.2) is 8.78 Å². The molecule has 0 amide bonds. The molecule has 1 aromatic carbocycles. The molecule has 1 saturated heterocycles. The smallest absolute Gasteiger partial charge is 0.144 e. The number of hydrogen-bond acceptors (Lipinski definition) is 2. The predicted molar refractivity (Wildman–Crippen MR) is 74.0 cm³/mol. The predicted octanol–water partition coefficient (Wildman–Crippen LogP) is 3.73. The Morgan fingerprint density at radius 1 is 1.37 bits per heavy atom. The fourth-order valence-electron chi connectivity index (χ4n) is 2.35. The van der Waals surface area contributed by atoms with Crippen molar-refractivity contribution in [2.75, 3.05) is 20.2 Å². The zero-order valence-electron chi connectivity index (χ0n) is 11.0. The highest BCUT2D eigenvalue weighted by atomic mass is 79.9. The zero-order valence-corrected chi connectivity index (χ0v) is 12.6. The third-order valence-corrected chi connectivity index (χ3v) is 3.97. The van der Waals surface area contributed by atoms with Crippen LogP contribution in [0.5, 0.6) is 0 Å². The monoisotopic (exact) mass is 333 g/mol. The first kappa shape index (κ1) is 14.9. The lowest BCUT2D eigenvalue weighted by molar-refractivity contribution is -0.00287. The molecule has 0 aliphatic carbocycles. The number of benzene rings is 1. The van der Waals surface area contributed by atoms with E-state index in [2.05, 4.69) is 15.9 Å². The lowest BCUT2D eigenvalue weighted by Crippen LogP contribution is -2.33.